The Morgan fingerprint density at radius 2 is 2.23 bits per heavy atom. The largest absolute Gasteiger partial charge is 0.372 e. The maximum Gasteiger partial charge on any atom is 0.0451 e. The van der Waals surface area contributed by atoms with Gasteiger partial charge in [0.25, 0.3) is 0 Å². The molecule has 0 amide bonds. The lowest BCUT2D eigenvalue weighted by Gasteiger charge is -2.40. The maximum absolute atomic E-state index is 3.97. The lowest BCUT2D eigenvalue weighted by atomic mass is 10.1. The van der Waals surface area contributed by atoms with E-state index < -0.39 is 0 Å². The topological polar surface area (TPSA) is 6.48 Å². The summed E-state index contributed by atoms with van der Waals surface area (Å²) < 4.78 is 0. The van der Waals surface area contributed by atoms with Crippen molar-refractivity contribution in [2.75, 3.05) is 26.2 Å². The normalized spacial score (nSPS) is 24.5. The van der Waals surface area contributed by atoms with E-state index in [9.17, 15) is 0 Å². The molecule has 13 heavy (non-hydrogen) atoms. The summed E-state index contributed by atoms with van der Waals surface area (Å²) >= 11 is 0. The molecular formula is C11H20N2. The van der Waals surface area contributed by atoms with Gasteiger partial charge in [-0.1, -0.05) is 19.6 Å². The summed E-state index contributed by atoms with van der Waals surface area (Å²) in [6.45, 7) is 16.5. The molecule has 0 aromatic heterocycles. The molecule has 1 aliphatic rings. The van der Waals surface area contributed by atoms with Crippen LogP contribution in [0, 0.1) is 0 Å². The summed E-state index contributed by atoms with van der Waals surface area (Å²) in [5, 5.41) is 0. The van der Waals surface area contributed by atoms with Gasteiger partial charge in [0.15, 0.2) is 0 Å². The first-order valence-corrected chi connectivity index (χ1v) is 4.96. The molecule has 1 atom stereocenters. The molecule has 0 unspecified atom stereocenters. The van der Waals surface area contributed by atoms with E-state index in [1.807, 2.05) is 6.08 Å². The van der Waals surface area contributed by atoms with Gasteiger partial charge in [0.05, 0.1) is 0 Å². The molecule has 2 nitrogen and oxygen atoms in total. The van der Waals surface area contributed by atoms with E-state index in [0.29, 0.717) is 6.04 Å². The molecule has 0 N–H and O–H groups in total. The van der Waals surface area contributed by atoms with Gasteiger partial charge >= 0.3 is 0 Å². The summed E-state index contributed by atoms with van der Waals surface area (Å²) in [6.07, 6.45) is 2.04. The lowest BCUT2D eigenvalue weighted by molar-refractivity contribution is 0.126. The molecule has 0 aromatic carbocycles. The minimum absolute atomic E-state index is 0.496. The number of piperazine rings is 1. The minimum Gasteiger partial charge on any atom is -0.372 e. The fraction of sp³-hybridized carbons (Fsp3) is 0.636. The first kappa shape index (κ1) is 10.3. The van der Waals surface area contributed by atoms with Crippen LogP contribution in [0.3, 0.4) is 0 Å². The van der Waals surface area contributed by atoms with Crippen molar-refractivity contribution in [2.45, 2.75) is 19.9 Å². The number of hydrogen-bond donors (Lipinski definition) is 0. The van der Waals surface area contributed by atoms with Crippen LogP contribution in [-0.4, -0.2) is 42.0 Å². The van der Waals surface area contributed by atoms with Crippen LogP contribution in [0.1, 0.15) is 13.8 Å². The molecule has 1 fully saturated rings. The first-order chi connectivity index (χ1) is 6.19. The highest BCUT2D eigenvalue weighted by Gasteiger charge is 2.22. The van der Waals surface area contributed by atoms with Gasteiger partial charge in [0.1, 0.15) is 0 Å². The van der Waals surface area contributed by atoms with Crippen LogP contribution in [-0.2, 0) is 0 Å². The Morgan fingerprint density at radius 3 is 2.69 bits per heavy atom. The van der Waals surface area contributed by atoms with Crippen molar-refractivity contribution in [1.29, 1.82) is 0 Å². The van der Waals surface area contributed by atoms with E-state index in [1.165, 1.54) is 5.70 Å². The fourth-order valence-electron chi connectivity index (χ4n) is 1.81. The second-order valence-electron chi connectivity index (χ2n) is 3.61. The second kappa shape index (κ2) is 4.47. The Kier molecular flexibility index (Phi) is 3.55. The van der Waals surface area contributed by atoms with Crippen molar-refractivity contribution in [3.8, 4) is 0 Å². The summed E-state index contributed by atoms with van der Waals surface area (Å²) in [5.41, 5.74) is 1.17. The Balaban J connectivity index is 2.57. The van der Waals surface area contributed by atoms with Crippen molar-refractivity contribution in [3.63, 3.8) is 0 Å². The predicted octanol–water partition coefficient (Wildman–Crippen LogP) is 1.71. The van der Waals surface area contributed by atoms with E-state index in [-0.39, 0.29) is 0 Å². The van der Waals surface area contributed by atoms with Gasteiger partial charge in [-0.15, -0.1) is 6.58 Å². The smallest absolute Gasteiger partial charge is 0.0451 e. The highest BCUT2D eigenvalue weighted by molar-refractivity contribution is 4.99. The van der Waals surface area contributed by atoms with Crippen molar-refractivity contribution >= 4 is 0 Å². The van der Waals surface area contributed by atoms with Gasteiger partial charge in [-0.2, -0.15) is 0 Å². The molecule has 0 radical (unpaired) electrons. The number of likely N-dealkylation sites (N-methyl/N-ethyl adjacent to an activating group) is 1. The SMILES string of the molecule is C=C[C@H]1CN(C(=C)C)CCN1CC. The Morgan fingerprint density at radius 1 is 1.54 bits per heavy atom. The van der Waals surface area contributed by atoms with Crippen molar-refractivity contribution in [1.82, 2.24) is 9.80 Å². The van der Waals surface area contributed by atoms with E-state index in [4.69, 9.17) is 0 Å². The van der Waals surface area contributed by atoms with Gasteiger partial charge < -0.3 is 4.90 Å². The monoisotopic (exact) mass is 180 g/mol. The third-order valence-electron chi connectivity index (χ3n) is 2.75. The summed E-state index contributed by atoms with van der Waals surface area (Å²) in [7, 11) is 0. The Bertz CT molecular complexity index is 198. The zero-order chi connectivity index (χ0) is 9.84. The lowest BCUT2D eigenvalue weighted by Crippen LogP contribution is -2.51. The van der Waals surface area contributed by atoms with Gasteiger partial charge in [-0.05, 0) is 13.5 Å². The van der Waals surface area contributed by atoms with Gasteiger partial charge in [-0.25, -0.2) is 0 Å². The van der Waals surface area contributed by atoms with E-state index in [1.54, 1.807) is 0 Å². The maximum atomic E-state index is 3.97. The highest BCUT2D eigenvalue weighted by atomic mass is 15.3. The molecule has 0 spiro atoms. The zero-order valence-electron chi connectivity index (χ0n) is 8.79. The van der Waals surface area contributed by atoms with Crippen molar-refractivity contribution < 1.29 is 0 Å². The molecule has 0 aliphatic carbocycles. The molecule has 1 saturated heterocycles. The quantitative estimate of drug-likeness (QED) is 0.610. The number of rotatable bonds is 3. The molecule has 0 saturated carbocycles. The fourth-order valence-corrected chi connectivity index (χ4v) is 1.81. The third-order valence-corrected chi connectivity index (χ3v) is 2.75. The minimum atomic E-state index is 0.496. The average Bonchev–Trinajstić information content (AvgIpc) is 2.16. The molecule has 2 heteroatoms. The number of hydrogen-bond acceptors (Lipinski definition) is 2. The molecule has 0 aromatic rings. The molecule has 1 rings (SSSR count). The van der Waals surface area contributed by atoms with Gasteiger partial charge in [-0.3, -0.25) is 4.90 Å². The first-order valence-electron chi connectivity index (χ1n) is 4.96. The van der Waals surface area contributed by atoms with E-state index in [2.05, 4.69) is 36.8 Å². The predicted molar refractivity (Wildman–Crippen MR) is 57.6 cm³/mol. The Labute approximate surface area is 81.5 Å². The van der Waals surface area contributed by atoms with Crippen LogP contribution >= 0.6 is 0 Å². The average molecular weight is 180 g/mol. The zero-order valence-corrected chi connectivity index (χ0v) is 8.79. The van der Waals surface area contributed by atoms with E-state index in [0.717, 1.165) is 26.2 Å². The summed E-state index contributed by atoms with van der Waals surface area (Å²) in [5.74, 6) is 0. The van der Waals surface area contributed by atoms with Crippen LogP contribution in [0.2, 0.25) is 0 Å². The molecule has 1 heterocycles. The molecule has 1 aliphatic heterocycles. The molecule has 74 valence electrons. The van der Waals surface area contributed by atoms with Crippen LogP contribution in [0.4, 0.5) is 0 Å². The number of nitrogens with zero attached hydrogens (tertiary/aromatic N) is 2. The number of allylic oxidation sites excluding steroid dienone is 1. The van der Waals surface area contributed by atoms with E-state index >= 15 is 0 Å². The summed E-state index contributed by atoms with van der Waals surface area (Å²) in [6, 6.07) is 0.496. The summed E-state index contributed by atoms with van der Waals surface area (Å²) in [4.78, 5) is 4.78. The van der Waals surface area contributed by atoms with Crippen LogP contribution < -0.4 is 0 Å². The van der Waals surface area contributed by atoms with Crippen LogP contribution in [0.15, 0.2) is 24.9 Å². The van der Waals surface area contributed by atoms with Crippen molar-refractivity contribution in [3.05, 3.63) is 24.9 Å². The van der Waals surface area contributed by atoms with Crippen LogP contribution in [0.5, 0.6) is 0 Å². The van der Waals surface area contributed by atoms with Crippen LogP contribution in [0.25, 0.3) is 0 Å². The second-order valence-corrected chi connectivity index (χ2v) is 3.61. The Hall–Kier alpha value is -0.760. The standard InChI is InChI=1S/C11H20N2/c1-5-11-9-13(10(3)4)8-7-12(11)6-2/h5,11H,1,3,6-9H2,2,4H3/t11-/m0/s1. The van der Waals surface area contributed by atoms with Gasteiger partial charge in [0.2, 0.25) is 0 Å². The van der Waals surface area contributed by atoms with Crippen molar-refractivity contribution in [2.24, 2.45) is 0 Å². The molecular weight excluding hydrogens is 160 g/mol. The molecule has 0 bridgehead atoms. The van der Waals surface area contributed by atoms with Gasteiger partial charge in [0, 0.05) is 31.4 Å². The highest BCUT2D eigenvalue weighted by Crippen LogP contribution is 2.13. The third kappa shape index (κ3) is 2.34.